The molecular formula is C23H28N4O3. The van der Waals surface area contributed by atoms with Crippen LogP contribution in [0.1, 0.15) is 12.0 Å². The Balaban J connectivity index is 1.28. The van der Waals surface area contributed by atoms with Crippen LogP contribution in [0.5, 0.6) is 5.75 Å². The van der Waals surface area contributed by atoms with Gasteiger partial charge in [-0.3, -0.25) is 4.79 Å². The first-order valence-corrected chi connectivity index (χ1v) is 10.3. The van der Waals surface area contributed by atoms with E-state index in [4.69, 9.17) is 4.74 Å². The largest absolute Gasteiger partial charge is 0.497 e. The van der Waals surface area contributed by atoms with Gasteiger partial charge in [0.15, 0.2) is 0 Å². The first-order valence-electron chi connectivity index (χ1n) is 10.3. The topological polar surface area (TPSA) is 65.1 Å². The smallest absolute Gasteiger partial charge is 0.317 e. The van der Waals surface area contributed by atoms with Crippen molar-refractivity contribution in [2.75, 3.05) is 49.6 Å². The average Bonchev–Trinajstić information content (AvgIpc) is 3.14. The Morgan fingerprint density at radius 1 is 0.967 bits per heavy atom. The molecule has 2 aliphatic heterocycles. The lowest BCUT2D eigenvalue weighted by Gasteiger charge is -2.36. The Morgan fingerprint density at radius 3 is 2.23 bits per heavy atom. The van der Waals surface area contributed by atoms with Crippen LogP contribution in [-0.4, -0.2) is 62.7 Å². The number of piperazine rings is 1. The minimum atomic E-state index is -0.161. The third-order valence-electron chi connectivity index (χ3n) is 5.80. The second-order valence-electron chi connectivity index (χ2n) is 7.86. The number of hydrogen-bond acceptors (Lipinski definition) is 4. The number of amides is 3. The van der Waals surface area contributed by atoms with Gasteiger partial charge in [0.2, 0.25) is 5.91 Å². The highest BCUT2D eigenvalue weighted by Gasteiger charge is 2.33. The Kier molecular flexibility index (Phi) is 5.79. The van der Waals surface area contributed by atoms with Crippen molar-refractivity contribution >= 4 is 23.3 Å². The summed E-state index contributed by atoms with van der Waals surface area (Å²) in [6.45, 7) is 5.39. The number of rotatable bonds is 4. The number of aryl methyl sites for hydroxylation is 1. The van der Waals surface area contributed by atoms with E-state index in [2.05, 4.69) is 10.2 Å². The summed E-state index contributed by atoms with van der Waals surface area (Å²) in [7, 11) is 1.66. The van der Waals surface area contributed by atoms with Gasteiger partial charge in [0.25, 0.3) is 0 Å². The van der Waals surface area contributed by atoms with Crippen molar-refractivity contribution in [3.8, 4) is 5.75 Å². The molecule has 2 heterocycles. The van der Waals surface area contributed by atoms with Crippen molar-refractivity contribution < 1.29 is 14.3 Å². The summed E-state index contributed by atoms with van der Waals surface area (Å²) in [6, 6.07) is 15.6. The van der Waals surface area contributed by atoms with Gasteiger partial charge >= 0.3 is 6.03 Å². The number of anilines is 2. The molecule has 0 unspecified atom stereocenters. The van der Waals surface area contributed by atoms with Crippen LogP contribution in [0.15, 0.2) is 48.5 Å². The van der Waals surface area contributed by atoms with Crippen LogP contribution < -0.4 is 19.9 Å². The fourth-order valence-electron chi connectivity index (χ4n) is 4.01. The maximum absolute atomic E-state index is 12.7. The number of hydrogen-bond donors (Lipinski definition) is 1. The van der Waals surface area contributed by atoms with Crippen LogP contribution in [0.4, 0.5) is 16.2 Å². The zero-order valence-corrected chi connectivity index (χ0v) is 17.5. The molecular weight excluding hydrogens is 380 g/mol. The minimum Gasteiger partial charge on any atom is -0.497 e. The van der Waals surface area contributed by atoms with Crippen molar-refractivity contribution in [1.29, 1.82) is 0 Å². The summed E-state index contributed by atoms with van der Waals surface area (Å²) in [5.41, 5.74) is 3.17. The van der Waals surface area contributed by atoms with E-state index in [9.17, 15) is 9.59 Å². The molecule has 2 aliphatic rings. The number of methoxy groups -OCH3 is 1. The van der Waals surface area contributed by atoms with E-state index in [0.29, 0.717) is 26.1 Å². The van der Waals surface area contributed by atoms with Gasteiger partial charge in [-0.25, -0.2) is 4.79 Å². The highest BCUT2D eigenvalue weighted by atomic mass is 16.5. The highest BCUT2D eigenvalue weighted by Crippen LogP contribution is 2.23. The summed E-state index contributed by atoms with van der Waals surface area (Å²) >= 11 is 0. The van der Waals surface area contributed by atoms with Gasteiger partial charge < -0.3 is 24.8 Å². The van der Waals surface area contributed by atoms with E-state index in [-0.39, 0.29) is 18.0 Å². The van der Waals surface area contributed by atoms with Crippen molar-refractivity contribution in [1.82, 2.24) is 10.2 Å². The normalized spacial score (nSPS) is 19.2. The number of carbonyl (C=O) groups is 2. The van der Waals surface area contributed by atoms with Crippen LogP contribution in [-0.2, 0) is 4.79 Å². The van der Waals surface area contributed by atoms with E-state index in [1.54, 1.807) is 12.0 Å². The van der Waals surface area contributed by atoms with Gasteiger partial charge in [-0.2, -0.15) is 0 Å². The molecule has 4 rings (SSSR count). The van der Waals surface area contributed by atoms with E-state index >= 15 is 0 Å². The van der Waals surface area contributed by atoms with Gasteiger partial charge in [0, 0.05) is 50.5 Å². The Labute approximate surface area is 177 Å². The predicted molar refractivity (Wildman–Crippen MR) is 117 cm³/mol. The fourth-order valence-corrected chi connectivity index (χ4v) is 4.01. The van der Waals surface area contributed by atoms with E-state index in [1.807, 2.05) is 60.4 Å². The third kappa shape index (κ3) is 4.35. The lowest BCUT2D eigenvalue weighted by atomic mass is 10.2. The van der Waals surface area contributed by atoms with Crippen LogP contribution in [0.2, 0.25) is 0 Å². The third-order valence-corrected chi connectivity index (χ3v) is 5.80. The fraction of sp³-hybridized carbons (Fsp3) is 0.391. The Morgan fingerprint density at radius 2 is 1.60 bits per heavy atom. The minimum absolute atomic E-state index is 0.0495. The number of nitrogens with zero attached hydrogens (tertiary/aromatic N) is 3. The predicted octanol–water partition coefficient (Wildman–Crippen LogP) is 2.64. The second kappa shape index (κ2) is 8.65. The second-order valence-corrected chi connectivity index (χ2v) is 7.86. The van der Waals surface area contributed by atoms with Crippen LogP contribution >= 0.6 is 0 Å². The first-order chi connectivity index (χ1) is 14.5. The molecule has 0 saturated carbocycles. The number of carbonyl (C=O) groups excluding carboxylic acids is 2. The SMILES string of the molecule is COc1ccc(N2CCN(C(=O)N[C@@H]3CC(=O)N(c4ccc(C)cc4)C3)CC2)cc1. The summed E-state index contributed by atoms with van der Waals surface area (Å²) in [6.07, 6.45) is 0.339. The molecule has 0 spiro atoms. The zero-order chi connectivity index (χ0) is 21.1. The standard InChI is InChI=1S/C23H28N4O3/c1-17-3-5-20(6-4-17)27-16-18(15-22(27)28)24-23(29)26-13-11-25(12-14-26)19-7-9-21(30-2)10-8-19/h3-10,18H,11-16H2,1-2H3,(H,24,29)/t18-/m1/s1. The van der Waals surface area contributed by atoms with Gasteiger partial charge in [0.1, 0.15) is 5.75 Å². The quantitative estimate of drug-likeness (QED) is 0.845. The maximum atomic E-state index is 12.7. The number of benzene rings is 2. The van der Waals surface area contributed by atoms with E-state index in [1.165, 1.54) is 0 Å². The average molecular weight is 409 g/mol. The molecule has 30 heavy (non-hydrogen) atoms. The van der Waals surface area contributed by atoms with Gasteiger partial charge in [0.05, 0.1) is 13.2 Å². The molecule has 0 aromatic heterocycles. The molecule has 3 amide bonds. The Bertz CT molecular complexity index is 890. The van der Waals surface area contributed by atoms with Crippen molar-refractivity contribution in [2.45, 2.75) is 19.4 Å². The van der Waals surface area contributed by atoms with Gasteiger partial charge in [-0.15, -0.1) is 0 Å². The van der Waals surface area contributed by atoms with Crippen molar-refractivity contribution in [2.24, 2.45) is 0 Å². The monoisotopic (exact) mass is 408 g/mol. The van der Waals surface area contributed by atoms with Crippen LogP contribution in [0.25, 0.3) is 0 Å². The first kappa shape index (κ1) is 20.1. The molecule has 2 aromatic rings. The summed E-state index contributed by atoms with van der Waals surface area (Å²) in [4.78, 5) is 31.0. The molecule has 0 radical (unpaired) electrons. The molecule has 2 aromatic carbocycles. The summed E-state index contributed by atoms with van der Waals surface area (Å²) < 4.78 is 5.21. The van der Waals surface area contributed by atoms with Crippen molar-refractivity contribution in [3.05, 3.63) is 54.1 Å². The molecule has 1 atom stereocenters. The van der Waals surface area contributed by atoms with E-state index < -0.39 is 0 Å². The lowest BCUT2D eigenvalue weighted by molar-refractivity contribution is -0.117. The molecule has 1 N–H and O–H groups in total. The molecule has 2 fully saturated rings. The molecule has 7 nitrogen and oxygen atoms in total. The summed E-state index contributed by atoms with van der Waals surface area (Å²) in [5.74, 6) is 0.885. The maximum Gasteiger partial charge on any atom is 0.317 e. The lowest BCUT2D eigenvalue weighted by Crippen LogP contribution is -2.53. The number of urea groups is 1. The molecule has 158 valence electrons. The van der Waals surface area contributed by atoms with Crippen LogP contribution in [0, 0.1) is 6.92 Å². The van der Waals surface area contributed by atoms with Gasteiger partial charge in [-0.1, -0.05) is 17.7 Å². The summed E-state index contributed by atoms with van der Waals surface area (Å²) in [5, 5.41) is 3.05. The zero-order valence-electron chi connectivity index (χ0n) is 17.5. The van der Waals surface area contributed by atoms with Crippen LogP contribution in [0.3, 0.4) is 0 Å². The molecule has 0 bridgehead atoms. The van der Waals surface area contributed by atoms with Gasteiger partial charge in [-0.05, 0) is 43.3 Å². The number of ether oxygens (including phenoxy) is 1. The number of nitrogens with one attached hydrogen (secondary N) is 1. The molecule has 7 heteroatoms. The highest BCUT2D eigenvalue weighted by molar-refractivity contribution is 5.96. The van der Waals surface area contributed by atoms with Crippen molar-refractivity contribution in [3.63, 3.8) is 0 Å². The van der Waals surface area contributed by atoms with E-state index in [0.717, 1.165) is 35.8 Å². The molecule has 0 aliphatic carbocycles. The Hall–Kier alpha value is -3.22. The molecule has 2 saturated heterocycles.